The van der Waals surface area contributed by atoms with E-state index in [0.717, 1.165) is 26.3 Å². The molecule has 0 bridgehead atoms. The summed E-state index contributed by atoms with van der Waals surface area (Å²) in [5, 5.41) is 3.27. The van der Waals surface area contributed by atoms with Crippen molar-refractivity contribution in [3.8, 4) is 0 Å². The minimum Gasteiger partial charge on any atom is -0.380 e. The van der Waals surface area contributed by atoms with Gasteiger partial charge in [0.05, 0.1) is 6.61 Å². The van der Waals surface area contributed by atoms with Crippen LogP contribution in [0.15, 0.2) is 0 Å². The van der Waals surface area contributed by atoms with Crippen LogP contribution in [0, 0.1) is 0 Å². The predicted octanol–water partition coefficient (Wildman–Crippen LogP) is 1.73. The molecule has 0 saturated heterocycles. The van der Waals surface area contributed by atoms with Gasteiger partial charge in [-0.3, -0.25) is 0 Å². The van der Waals surface area contributed by atoms with Gasteiger partial charge in [-0.2, -0.15) is 0 Å². The van der Waals surface area contributed by atoms with Crippen LogP contribution in [0.1, 0.15) is 33.6 Å². The fraction of sp³-hybridized carbons (Fsp3) is 1.00. The first kappa shape index (κ1) is 14.9. The van der Waals surface area contributed by atoms with Crippen LogP contribution in [0.3, 0.4) is 0 Å². The maximum atomic E-state index is 5.36. The first-order valence-electron chi connectivity index (χ1n) is 6.21. The Morgan fingerprint density at radius 3 is 2.53 bits per heavy atom. The summed E-state index contributed by atoms with van der Waals surface area (Å²) < 4.78 is 5.36. The van der Waals surface area contributed by atoms with E-state index in [1.54, 1.807) is 0 Å². The molecule has 0 aromatic rings. The van der Waals surface area contributed by atoms with Crippen LogP contribution >= 0.6 is 0 Å². The van der Waals surface area contributed by atoms with Crippen molar-refractivity contribution < 1.29 is 4.74 Å². The molecule has 1 unspecified atom stereocenters. The maximum absolute atomic E-state index is 5.36. The maximum Gasteiger partial charge on any atom is 0.0593 e. The number of ether oxygens (including phenoxy) is 1. The molecular formula is C12H28N2O. The van der Waals surface area contributed by atoms with E-state index in [1.165, 1.54) is 19.4 Å². The minimum absolute atomic E-state index is 0.635. The number of hydrogen-bond donors (Lipinski definition) is 1. The monoisotopic (exact) mass is 216 g/mol. The molecule has 0 fully saturated rings. The Morgan fingerprint density at radius 2 is 2.00 bits per heavy atom. The Bertz CT molecular complexity index is 131. The predicted molar refractivity (Wildman–Crippen MR) is 66.4 cm³/mol. The summed E-state index contributed by atoms with van der Waals surface area (Å²) in [6.45, 7) is 11.6. The lowest BCUT2D eigenvalue weighted by atomic mass is 10.2. The van der Waals surface area contributed by atoms with Crippen molar-refractivity contribution >= 4 is 0 Å². The summed E-state index contributed by atoms with van der Waals surface area (Å²) in [6.07, 6.45) is 2.52. The number of hydrogen-bond acceptors (Lipinski definition) is 3. The van der Waals surface area contributed by atoms with Crippen LogP contribution in [-0.2, 0) is 4.74 Å². The average molecular weight is 216 g/mol. The molecule has 0 saturated carbocycles. The van der Waals surface area contributed by atoms with Gasteiger partial charge >= 0.3 is 0 Å². The van der Waals surface area contributed by atoms with Crippen molar-refractivity contribution in [2.24, 2.45) is 0 Å². The molecule has 0 aromatic carbocycles. The van der Waals surface area contributed by atoms with Gasteiger partial charge in [-0.05, 0) is 46.8 Å². The molecular weight excluding hydrogens is 188 g/mol. The van der Waals surface area contributed by atoms with Crippen molar-refractivity contribution in [2.45, 2.75) is 39.7 Å². The van der Waals surface area contributed by atoms with Crippen LogP contribution in [0.2, 0.25) is 0 Å². The Morgan fingerprint density at radius 1 is 1.27 bits per heavy atom. The Balaban J connectivity index is 3.43. The number of likely N-dealkylation sites (N-methyl/N-ethyl adjacent to an activating group) is 1. The molecule has 0 aliphatic carbocycles. The highest BCUT2D eigenvalue weighted by Gasteiger charge is 2.03. The van der Waals surface area contributed by atoms with Crippen LogP contribution in [0.4, 0.5) is 0 Å². The average Bonchev–Trinajstić information content (AvgIpc) is 2.26. The summed E-state index contributed by atoms with van der Waals surface area (Å²) in [6, 6.07) is 0.635. The highest BCUT2D eigenvalue weighted by molar-refractivity contribution is 4.60. The third kappa shape index (κ3) is 8.85. The third-order valence-corrected chi connectivity index (χ3v) is 2.81. The lowest BCUT2D eigenvalue weighted by Crippen LogP contribution is -2.30. The second-order valence-electron chi connectivity index (χ2n) is 3.96. The molecule has 3 nitrogen and oxygen atoms in total. The third-order valence-electron chi connectivity index (χ3n) is 2.81. The van der Waals surface area contributed by atoms with Gasteiger partial charge in [-0.1, -0.05) is 6.92 Å². The number of nitrogens with one attached hydrogen (secondary N) is 1. The first-order valence-corrected chi connectivity index (χ1v) is 6.21. The van der Waals surface area contributed by atoms with Crippen LogP contribution in [0.25, 0.3) is 0 Å². The molecule has 0 aliphatic rings. The minimum atomic E-state index is 0.635. The zero-order valence-electron chi connectivity index (χ0n) is 10.9. The van der Waals surface area contributed by atoms with E-state index >= 15 is 0 Å². The second-order valence-corrected chi connectivity index (χ2v) is 3.96. The molecule has 92 valence electrons. The molecule has 15 heavy (non-hydrogen) atoms. The highest BCUT2D eigenvalue weighted by Crippen LogP contribution is 1.99. The fourth-order valence-corrected chi connectivity index (χ4v) is 1.53. The van der Waals surface area contributed by atoms with Crippen molar-refractivity contribution in [1.82, 2.24) is 10.2 Å². The Labute approximate surface area is 95.2 Å². The van der Waals surface area contributed by atoms with Gasteiger partial charge in [0.2, 0.25) is 0 Å². The second kappa shape index (κ2) is 10.4. The van der Waals surface area contributed by atoms with E-state index in [-0.39, 0.29) is 0 Å². The lowest BCUT2D eigenvalue weighted by Gasteiger charge is -2.21. The Kier molecular flexibility index (Phi) is 10.3. The molecule has 1 N–H and O–H groups in total. The molecule has 0 aromatic heterocycles. The van der Waals surface area contributed by atoms with E-state index in [9.17, 15) is 0 Å². The molecule has 1 atom stereocenters. The summed E-state index contributed by atoms with van der Waals surface area (Å²) >= 11 is 0. The van der Waals surface area contributed by atoms with Gasteiger partial charge in [-0.25, -0.2) is 0 Å². The fourth-order valence-electron chi connectivity index (χ4n) is 1.53. The molecule has 0 spiro atoms. The van der Waals surface area contributed by atoms with E-state index < -0.39 is 0 Å². The largest absolute Gasteiger partial charge is 0.380 e. The van der Waals surface area contributed by atoms with Crippen molar-refractivity contribution in [3.63, 3.8) is 0 Å². The molecule has 0 rings (SSSR count). The van der Waals surface area contributed by atoms with Gasteiger partial charge in [0.25, 0.3) is 0 Å². The van der Waals surface area contributed by atoms with E-state index in [0.29, 0.717) is 6.04 Å². The normalized spacial score (nSPS) is 13.4. The van der Waals surface area contributed by atoms with Crippen molar-refractivity contribution in [1.29, 1.82) is 0 Å². The molecule has 0 radical (unpaired) electrons. The number of rotatable bonds is 10. The lowest BCUT2D eigenvalue weighted by molar-refractivity contribution is 0.114. The molecule has 0 aliphatic heterocycles. The quantitative estimate of drug-likeness (QED) is 0.563. The van der Waals surface area contributed by atoms with Gasteiger partial charge in [0.1, 0.15) is 0 Å². The van der Waals surface area contributed by atoms with E-state index in [4.69, 9.17) is 4.74 Å². The summed E-state index contributed by atoms with van der Waals surface area (Å²) in [4.78, 5) is 2.46. The van der Waals surface area contributed by atoms with Gasteiger partial charge in [-0.15, -0.1) is 0 Å². The zero-order chi connectivity index (χ0) is 11.5. The summed E-state index contributed by atoms with van der Waals surface area (Å²) in [5.74, 6) is 0. The van der Waals surface area contributed by atoms with Gasteiger partial charge in [0.15, 0.2) is 0 Å². The van der Waals surface area contributed by atoms with E-state index in [1.807, 2.05) is 14.0 Å². The van der Waals surface area contributed by atoms with Crippen LogP contribution < -0.4 is 5.32 Å². The number of nitrogens with zero attached hydrogens (tertiary/aromatic N) is 1. The van der Waals surface area contributed by atoms with Crippen LogP contribution in [0.5, 0.6) is 0 Å². The zero-order valence-corrected chi connectivity index (χ0v) is 10.9. The van der Waals surface area contributed by atoms with Gasteiger partial charge < -0.3 is 15.0 Å². The Hall–Kier alpha value is -0.120. The standard InChI is InChI=1S/C12H28N2O/c1-5-14(10-11-15-6-2)9-7-8-12(3)13-4/h12-13H,5-11H2,1-4H3. The molecule has 3 heteroatoms. The van der Waals surface area contributed by atoms with E-state index in [2.05, 4.69) is 24.1 Å². The van der Waals surface area contributed by atoms with Gasteiger partial charge in [0, 0.05) is 19.2 Å². The SMILES string of the molecule is CCOCCN(CC)CCCC(C)NC. The smallest absolute Gasteiger partial charge is 0.0593 e. The van der Waals surface area contributed by atoms with Crippen molar-refractivity contribution in [2.75, 3.05) is 39.9 Å². The first-order chi connectivity index (χ1) is 7.24. The topological polar surface area (TPSA) is 24.5 Å². The highest BCUT2D eigenvalue weighted by atomic mass is 16.5. The van der Waals surface area contributed by atoms with Crippen LogP contribution in [-0.4, -0.2) is 50.8 Å². The summed E-state index contributed by atoms with van der Waals surface area (Å²) in [5.41, 5.74) is 0. The van der Waals surface area contributed by atoms with Crippen molar-refractivity contribution in [3.05, 3.63) is 0 Å². The summed E-state index contributed by atoms with van der Waals surface area (Å²) in [7, 11) is 2.03. The molecule has 0 amide bonds. The molecule has 0 heterocycles.